The Kier molecular flexibility index (Phi) is 11.2. The van der Waals surface area contributed by atoms with Crippen LogP contribution in [0.25, 0.3) is 0 Å². The summed E-state index contributed by atoms with van der Waals surface area (Å²) in [7, 11) is 0. The molecule has 9 nitrogen and oxygen atoms in total. The van der Waals surface area contributed by atoms with E-state index in [4.69, 9.17) is 4.42 Å². The predicted molar refractivity (Wildman–Crippen MR) is 176 cm³/mol. The molecule has 1 amide bonds. The third-order valence-corrected chi connectivity index (χ3v) is 8.87. The highest BCUT2D eigenvalue weighted by Crippen LogP contribution is 2.34. The highest BCUT2D eigenvalue weighted by Gasteiger charge is 2.39. The van der Waals surface area contributed by atoms with Crippen LogP contribution in [-0.2, 0) is 24.1 Å². The fraction of sp³-hybridized carbons (Fsp3) is 0.361. The molecular weight excluding hydrogens is 642 g/mol. The van der Waals surface area contributed by atoms with Gasteiger partial charge < -0.3 is 29.7 Å². The topological polar surface area (TPSA) is 95.7 Å². The number of carbonyl (C=O) groups excluding carboxylic acids is 1. The summed E-state index contributed by atoms with van der Waals surface area (Å²) in [5, 5.41) is 23.0. The van der Waals surface area contributed by atoms with Crippen LogP contribution in [0.1, 0.15) is 42.0 Å². The lowest BCUT2D eigenvalue weighted by atomic mass is 10.0. The van der Waals surface area contributed by atoms with E-state index in [2.05, 4.69) is 18.5 Å². The fourth-order valence-corrected chi connectivity index (χ4v) is 6.11. The van der Waals surface area contributed by atoms with Crippen LogP contribution in [0.15, 0.2) is 107 Å². The van der Waals surface area contributed by atoms with Gasteiger partial charge >= 0.3 is 6.18 Å². The number of furan rings is 1. The number of hydrogen-bond donors (Lipinski definition) is 3. The fourth-order valence-electron chi connectivity index (χ4n) is 6.11. The van der Waals surface area contributed by atoms with Crippen LogP contribution < -0.4 is 5.32 Å². The van der Waals surface area contributed by atoms with Crippen molar-refractivity contribution in [3.63, 3.8) is 0 Å². The highest BCUT2D eigenvalue weighted by molar-refractivity contribution is 5.96. The first-order valence-corrected chi connectivity index (χ1v) is 16.0. The van der Waals surface area contributed by atoms with Crippen molar-refractivity contribution in [2.45, 2.75) is 44.8 Å². The van der Waals surface area contributed by atoms with Crippen LogP contribution in [0.3, 0.4) is 0 Å². The van der Waals surface area contributed by atoms with Gasteiger partial charge in [0.25, 0.3) is 5.91 Å². The number of piperazine rings is 1. The van der Waals surface area contributed by atoms with Crippen molar-refractivity contribution in [1.29, 1.82) is 0 Å². The minimum absolute atomic E-state index is 0.124. The number of aliphatic hydroxyl groups excluding tert-OH is 2. The molecule has 5 rings (SSSR count). The molecule has 1 unspecified atom stereocenters. The number of nitrogens with zero attached hydrogens (tertiary/aromatic N) is 4. The zero-order valence-corrected chi connectivity index (χ0v) is 27.3. The van der Waals surface area contributed by atoms with Gasteiger partial charge in [-0.15, -0.1) is 0 Å². The Balaban J connectivity index is 1.39. The van der Waals surface area contributed by atoms with Gasteiger partial charge in [0.2, 0.25) is 5.76 Å². The molecule has 0 saturated carbocycles. The van der Waals surface area contributed by atoms with E-state index in [-0.39, 0.29) is 49.3 Å². The second-order valence-electron chi connectivity index (χ2n) is 12.2. The predicted octanol–water partition coefficient (Wildman–Crippen LogP) is 5.76. The average Bonchev–Trinajstić information content (AvgIpc) is 3.55. The standard InChI is InChI=1S/C36H41F4N5O4/c1-24-34(43-19-17-42(18-20-43)22-29-13-14-33(49-29)36(38,39)40)35(48)45(26(3)44(24)21-28-11-7-8-12-30(28)37)23-31(27-9-5-4-6-10-27)41-16-15-32(47)25(2)46/h4-14,31-32,41,46-47H,2-3,15-23H2,1H3/t31-,32?/m0/s1. The van der Waals surface area contributed by atoms with Crippen molar-refractivity contribution < 1.29 is 37.0 Å². The van der Waals surface area contributed by atoms with Crippen LogP contribution in [-0.4, -0.2) is 81.1 Å². The largest absolute Gasteiger partial charge is 0.510 e. The van der Waals surface area contributed by atoms with Gasteiger partial charge in [-0.25, -0.2) is 4.39 Å². The SMILES string of the molecule is C=C(O)C(O)CCN[C@@H](CN1C(=C)N(Cc2ccccc2F)C(C)=C(N2CCN(Cc3ccc(C(F)(F)F)o3)CC2)C1=O)c1ccccc1. The molecule has 2 aliphatic rings. The Morgan fingerprint density at radius 1 is 0.980 bits per heavy atom. The Morgan fingerprint density at radius 3 is 2.29 bits per heavy atom. The number of benzene rings is 2. The van der Waals surface area contributed by atoms with Gasteiger partial charge in [0.15, 0.2) is 0 Å². The molecule has 262 valence electrons. The number of alkyl halides is 3. The van der Waals surface area contributed by atoms with Crippen molar-refractivity contribution >= 4 is 5.91 Å². The number of aliphatic hydroxyl groups is 2. The molecule has 1 fully saturated rings. The monoisotopic (exact) mass is 683 g/mol. The highest BCUT2D eigenvalue weighted by atomic mass is 19.4. The molecule has 1 saturated heterocycles. The first-order valence-electron chi connectivity index (χ1n) is 16.0. The lowest BCUT2D eigenvalue weighted by molar-refractivity contribution is -0.153. The summed E-state index contributed by atoms with van der Waals surface area (Å²) in [6, 6.07) is 17.8. The van der Waals surface area contributed by atoms with Crippen molar-refractivity contribution in [1.82, 2.24) is 24.9 Å². The van der Waals surface area contributed by atoms with E-state index >= 15 is 0 Å². The Hall–Kier alpha value is -4.59. The maximum atomic E-state index is 14.9. The van der Waals surface area contributed by atoms with Crippen molar-refractivity contribution in [3.05, 3.63) is 131 Å². The van der Waals surface area contributed by atoms with Crippen LogP contribution in [0.4, 0.5) is 17.6 Å². The van der Waals surface area contributed by atoms with Crippen LogP contribution in [0.2, 0.25) is 0 Å². The van der Waals surface area contributed by atoms with Crippen molar-refractivity contribution in [3.8, 4) is 0 Å². The van der Waals surface area contributed by atoms with E-state index in [1.807, 2.05) is 45.0 Å². The number of amides is 1. The number of allylic oxidation sites excluding steroid dienone is 1. The Labute approximate surface area is 283 Å². The summed E-state index contributed by atoms with van der Waals surface area (Å²) in [5.74, 6) is -1.46. The number of carbonyl (C=O) groups is 1. The Bertz CT molecular complexity index is 1670. The zero-order valence-electron chi connectivity index (χ0n) is 27.3. The molecule has 2 aromatic carbocycles. The Morgan fingerprint density at radius 2 is 1.65 bits per heavy atom. The second-order valence-corrected chi connectivity index (χ2v) is 12.2. The van der Waals surface area contributed by atoms with E-state index in [9.17, 15) is 32.6 Å². The molecule has 1 aromatic heterocycles. The van der Waals surface area contributed by atoms with E-state index < -0.39 is 24.1 Å². The summed E-state index contributed by atoms with van der Waals surface area (Å²) < 4.78 is 59.1. The van der Waals surface area contributed by atoms with Crippen LogP contribution in [0, 0.1) is 5.82 Å². The first-order chi connectivity index (χ1) is 23.3. The van der Waals surface area contributed by atoms with Crippen LogP contribution >= 0.6 is 0 Å². The van der Waals surface area contributed by atoms with Gasteiger partial charge in [-0.2, -0.15) is 13.2 Å². The maximum Gasteiger partial charge on any atom is 0.449 e. The van der Waals surface area contributed by atoms with Gasteiger partial charge in [0, 0.05) is 44.0 Å². The van der Waals surface area contributed by atoms with Crippen molar-refractivity contribution in [2.75, 3.05) is 39.3 Å². The van der Waals surface area contributed by atoms with E-state index in [1.54, 1.807) is 30.0 Å². The van der Waals surface area contributed by atoms with Crippen molar-refractivity contribution in [2.24, 2.45) is 0 Å². The summed E-state index contributed by atoms with van der Waals surface area (Å²) in [5.41, 5.74) is 2.35. The molecule has 0 bridgehead atoms. The lowest BCUT2D eigenvalue weighted by Crippen LogP contribution is -2.54. The first kappa shape index (κ1) is 35.7. The van der Waals surface area contributed by atoms with Gasteiger partial charge in [0.1, 0.15) is 35.0 Å². The smallest absolute Gasteiger partial charge is 0.449 e. The normalized spacial score (nSPS) is 17.6. The number of rotatable bonds is 13. The molecule has 0 spiro atoms. The number of hydrogen-bond acceptors (Lipinski definition) is 8. The molecule has 49 heavy (non-hydrogen) atoms. The summed E-state index contributed by atoms with van der Waals surface area (Å²) >= 11 is 0. The van der Waals surface area contributed by atoms with E-state index in [1.165, 1.54) is 12.1 Å². The van der Waals surface area contributed by atoms with E-state index in [0.717, 1.165) is 11.6 Å². The summed E-state index contributed by atoms with van der Waals surface area (Å²) in [4.78, 5) is 21.8. The zero-order chi connectivity index (χ0) is 35.3. The minimum atomic E-state index is -4.56. The molecule has 2 atom stereocenters. The molecule has 0 aliphatic carbocycles. The number of halogens is 4. The maximum absolute atomic E-state index is 14.9. The molecule has 3 heterocycles. The summed E-state index contributed by atoms with van der Waals surface area (Å²) in [6.07, 6.45) is -5.48. The van der Waals surface area contributed by atoms with E-state index in [0.29, 0.717) is 55.5 Å². The number of nitrogens with one attached hydrogen (secondary N) is 1. The third kappa shape index (κ3) is 8.53. The quantitative estimate of drug-likeness (QED) is 0.155. The van der Waals surface area contributed by atoms with Crippen LogP contribution in [0.5, 0.6) is 0 Å². The average molecular weight is 684 g/mol. The second kappa shape index (κ2) is 15.3. The molecule has 3 aromatic rings. The molecular formula is C36H41F4N5O4. The molecule has 3 N–H and O–H groups in total. The molecule has 2 aliphatic heterocycles. The minimum Gasteiger partial charge on any atom is -0.510 e. The molecule has 13 heteroatoms. The lowest BCUT2D eigenvalue weighted by Gasteiger charge is -2.46. The van der Waals surface area contributed by atoms with Gasteiger partial charge in [-0.05, 0) is 43.7 Å². The third-order valence-electron chi connectivity index (χ3n) is 8.87. The van der Waals surface area contributed by atoms with Gasteiger partial charge in [0.05, 0.1) is 19.1 Å². The molecule has 0 radical (unpaired) electrons. The van der Waals surface area contributed by atoms with Gasteiger partial charge in [-0.1, -0.05) is 61.7 Å². The summed E-state index contributed by atoms with van der Waals surface area (Å²) in [6.45, 7) is 12.0. The van der Waals surface area contributed by atoms with Gasteiger partial charge in [-0.3, -0.25) is 14.6 Å².